The molecule has 0 aliphatic heterocycles. The third-order valence-electron chi connectivity index (χ3n) is 1.49. The molecule has 0 aromatic carbocycles. The van der Waals surface area contributed by atoms with Gasteiger partial charge in [-0.1, -0.05) is 19.9 Å². The van der Waals surface area contributed by atoms with E-state index in [0.717, 1.165) is 18.5 Å². The van der Waals surface area contributed by atoms with Crippen LogP contribution in [0.3, 0.4) is 0 Å². The number of carbonyl (C=O) groups excluding carboxylic acids is 1. The van der Waals surface area contributed by atoms with Gasteiger partial charge in [0, 0.05) is 5.70 Å². The maximum atomic E-state index is 11.3. The summed E-state index contributed by atoms with van der Waals surface area (Å²) >= 11 is 0. The van der Waals surface area contributed by atoms with Gasteiger partial charge in [0.15, 0.2) is 0 Å². The fraction of sp³-hybridized carbons (Fsp3) is 0.727. The summed E-state index contributed by atoms with van der Waals surface area (Å²) in [6.07, 6.45) is 3.34. The highest BCUT2D eigenvalue weighted by Crippen LogP contribution is 2.08. The summed E-state index contributed by atoms with van der Waals surface area (Å²) in [5, 5.41) is 2.72. The minimum absolute atomic E-state index is 0.376. The fourth-order valence-electron chi connectivity index (χ4n) is 0.965. The smallest absolute Gasteiger partial charge is 0.411 e. The number of rotatable bonds is 3. The average Bonchev–Trinajstić information content (AvgIpc) is 2.00. The summed E-state index contributed by atoms with van der Waals surface area (Å²) < 4.78 is 5.13. The van der Waals surface area contributed by atoms with Crippen molar-refractivity contribution in [2.75, 3.05) is 0 Å². The van der Waals surface area contributed by atoms with Gasteiger partial charge in [-0.2, -0.15) is 0 Å². The number of hydrogen-bond acceptors (Lipinski definition) is 2. The summed E-state index contributed by atoms with van der Waals surface area (Å²) in [4.78, 5) is 11.3. The highest BCUT2D eigenvalue weighted by Gasteiger charge is 2.16. The number of amides is 1. The Kier molecular flexibility index (Phi) is 5.28. The summed E-state index contributed by atoms with van der Waals surface area (Å²) in [6, 6.07) is 0. The number of alkyl carbamates (subject to hydrolysis) is 1. The van der Waals surface area contributed by atoms with Gasteiger partial charge in [0.05, 0.1) is 0 Å². The molecule has 0 aliphatic carbocycles. The second-order valence-electron chi connectivity index (χ2n) is 4.12. The SMILES string of the molecule is CC/C=C(\CC)NC(=O)OC(C)(C)C. The maximum absolute atomic E-state index is 11.3. The number of nitrogens with one attached hydrogen (secondary N) is 1. The van der Waals surface area contributed by atoms with Crippen LogP contribution in [-0.4, -0.2) is 11.7 Å². The van der Waals surface area contributed by atoms with Gasteiger partial charge in [0.1, 0.15) is 5.60 Å². The van der Waals surface area contributed by atoms with E-state index in [1.807, 2.05) is 40.7 Å². The molecule has 82 valence electrons. The van der Waals surface area contributed by atoms with E-state index in [1.165, 1.54) is 0 Å². The molecule has 0 heterocycles. The lowest BCUT2D eigenvalue weighted by atomic mass is 10.2. The van der Waals surface area contributed by atoms with E-state index in [0.29, 0.717) is 0 Å². The minimum atomic E-state index is -0.435. The second kappa shape index (κ2) is 5.68. The minimum Gasteiger partial charge on any atom is -0.444 e. The Morgan fingerprint density at radius 1 is 1.36 bits per heavy atom. The van der Waals surface area contributed by atoms with Gasteiger partial charge in [0.2, 0.25) is 0 Å². The largest absolute Gasteiger partial charge is 0.444 e. The van der Waals surface area contributed by atoms with Gasteiger partial charge in [-0.05, 0) is 33.6 Å². The first-order chi connectivity index (χ1) is 6.39. The van der Waals surface area contributed by atoms with Gasteiger partial charge in [0.25, 0.3) is 0 Å². The highest BCUT2D eigenvalue weighted by molar-refractivity contribution is 5.69. The lowest BCUT2D eigenvalue weighted by Gasteiger charge is -2.20. The van der Waals surface area contributed by atoms with E-state index >= 15 is 0 Å². The third kappa shape index (κ3) is 6.52. The number of ether oxygens (including phenoxy) is 1. The highest BCUT2D eigenvalue weighted by atomic mass is 16.6. The molecule has 0 unspecified atom stereocenters. The average molecular weight is 199 g/mol. The van der Waals surface area contributed by atoms with Crippen molar-refractivity contribution in [2.45, 2.75) is 53.1 Å². The van der Waals surface area contributed by atoms with E-state index in [4.69, 9.17) is 4.74 Å². The Morgan fingerprint density at radius 3 is 2.29 bits per heavy atom. The van der Waals surface area contributed by atoms with E-state index in [1.54, 1.807) is 0 Å². The maximum Gasteiger partial charge on any atom is 0.411 e. The van der Waals surface area contributed by atoms with Crippen LogP contribution in [0.2, 0.25) is 0 Å². The van der Waals surface area contributed by atoms with Crippen LogP contribution < -0.4 is 5.32 Å². The molecule has 0 bridgehead atoms. The van der Waals surface area contributed by atoms with Gasteiger partial charge < -0.3 is 4.74 Å². The Balaban J connectivity index is 4.11. The molecular formula is C11H21NO2. The molecule has 3 nitrogen and oxygen atoms in total. The van der Waals surface area contributed by atoms with Crippen molar-refractivity contribution in [1.29, 1.82) is 0 Å². The summed E-state index contributed by atoms with van der Waals surface area (Å²) in [6.45, 7) is 9.58. The van der Waals surface area contributed by atoms with Crippen LogP contribution in [0.15, 0.2) is 11.8 Å². The molecule has 0 saturated carbocycles. The van der Waals surface area contributed by atoms with Crippen LogP contribution >= 0.6 is 0 Å². The Labute approximate surface area is 86.5 Å². The lowest BCUT2D eigenvalue weighted by molar-refractivity contribution is 0.0544. The second-order valence-corrected chi connectivity index (χ2v) is 4.12. The molecule has 3 heteroatoms. The molecule has 14 heavy (non-hydrogen) atoms. The zero-order chi connectivity index (χ0) is 11.2. The molecule has 1 N–H and O–H groups in total. The van der Waals surface area contributed by atoms with Crippen LogP contribution in [0.25, 0.3) is 0 Å². The van der Waals surface area contributed by atoms with Crippen molar-refractivity contribution >= 4 is 6.09 Å². The van der Waals surface area contributed by atoms with E-state index in [9.17, 15) is 4.79 Å². The zero-order valence-electron chi connectivity index (χ0n) is 9.81. The first-order valence-corrected chi connectivity index (χ1v) is 5.08. The van der Waals surface area contributed by atoms with Crippen LogP contribution in [0.1, 0.15) is 47.5 Å². The molecule has 0 aromatic rings. The van der Waals surface area contributed by atoms with Crippen LogP contribution in [0.5, 0.6) is 0 Å². The topological polar surface area (TPSA) is 38.3 Å². The third-order valence-corrected chi connectivity index (χ3v) is 1.49. The predicted molar refractivity (Wildman–Crippen MR) is 58.0 cm³/mol. The molecule has 0 radical (unpaired) electrons. The number of carbonyl (C=O) groups is 1. The number of hydrogen-bond donors (Lipinski definition) is 1. The van der Waals surface area contributed by atoms with Crippen molar-refractivity contribution in [1.82, 2.24) is 5.32 Å². The van der Waals surface area contributed by atoms with Crippen molar-refractivity contribution in [3.8, 4) is 0 Å². The molecule has 1 amide bonds. The first kappa shape index (κ1) is 13.0. The summed E-state index contributed by atoms with van der Waals surface area (Å²) in [7, 11) is 0. The Hall–Kier alpha value is -0.990. The number of allylic oxidation sites excluding steroid dienone is 2. The van der Waals surface area contributed by atoms with Gasteiger partial charge in [-0.3, -0.25) is 5.32 Å². The molecule has 0 rings (SSSR count). The van der Waals surface area contributed by atoms with Gasteiger partial charge in [-0.25, -0.2) is 4.79 Å². The van der Waals surface area contributed by atoms with Gasteiger partial charge in [-0.15, -0.1) is 0 Å². The summed E-state index contributed by atoms with van der Waals surface area (Å²) in [5.74, 6) is 0. The quantitative estimate of drug-likeness (QED) is 0.758. The molecule has 0 spiro atoms. The molecule has 0 fully saturated rings. The summed E-state index contributed by atoms with van der Waals surface area (Å²) in [5.41, 5.74) is 0.483. The van der Waals surface area contributed by atoms with Crippen molar-refractivity contribution in [2.24, 2.45) is 0 Å². The van der Waals surface area contributed by atoms with E-state index in [-0.39, 0.29) is 6.09 Å². The molecule has 0 aromatic heterocycles. The molecular weight excluding hydrogens is 178 g/mol. The Morgan fingerprint density at radius 2 is 1.93 bits per heavy atom. The van der Waals surface area contributed by atoms with E-state index in [2.05, 4.69) is 5.32 Å². The van der Waals surface area contributed by atoms with Crippen LogP contribution in [0.4, 0.5) is 4.79 Å². The van der Waals surface area contributed by atoms with E-state index < -0.39 is 5.60 Å². The fourth-order valence-corrected chi connectivity index (χ4v) is 0.965. The zero-order valence-corrected chi connectivity index (χ0v) is 9.81. The Bertz CT molecular complexity index is 214. The lowest BCUT2D eigenvalue weighted by Crippen LogP contribution is -2.31. The van der Waals surface area contributed by atoms with Crippen molar-refractivity contribution in [3.63, 3.8) is 0 Å². The monoisotopic (exact) mass is 199 g/mol. The predicted octanol–water partition coefficient (Wildman–Crippen LogP) is 3.22. The van der Waals surface area contributed by atoms with Crippen molar-refractivity contribution < 1.29 is 9.53 Å². The standard InChI is InChI=1S/C11H21NO2/c1-6-8-9(7-2)12-10(13)14-11(3,4)5/h8H,6-7H2,1-5H3,(H,12,13)/b9-8+. The molecule has 0 atom stereocenters. The normalized spacial score (nSPS) is 12.5. The molecule has 0 saturated heterocycles. The molecule has 0 aliphatic rings. The first-order valence-electron chi connectivity index (χ1n) is 5.08. The van der Waals surface area contributed by atoms with Crippen molar-refractivity contribution in [3.05, 3.63) is 11.8 Å². The van der Waals surface area contributed by atoms with Gasteiger partial charge >= 0.3 is 6.09 Å². The van der Waals surface area contributed by atoms with Crippen LogP contribution in [0, 0.1) is 0 Å². The van der Waals surface area contributed by atoms with Crippen LogP contribution in [-0.2, 0) is 4.74 Å².